The molecule has 0 bridgehead atoms. The number of pyridine rings is 1. The van der Waals surface area contributed by atoms with Crippen LogP contribution in [0.1, 0.15) is 36.5 Å². The van der Waals surface area contributed by atoms with Gasteiger partial charge < -0.3 is 5.32 Å². The van der Waals surface area contributed by atoms with Crippen LogP contribution in [0, 0.1) is 0 Å². The molecule has 1 aliphatic rings. The van der Waals surface area contributed by atoms with E-state index in [1.807, 2.05) is 24.3 Å². The van der Waals surface area contributed by atoms with Crippen molar-refractivity contribution in [3.63, 3.8) is 0 Å². The third kappa shape index (κ3) is 2.19. The minimum atomic E-state index is -0.0671. The standard InChI is InChI=1S/C15H15ClN2O/c1-15(7-4-8-15)18-14(19)12-9-17-13(16)11-6-3-2-5-10(11)12/h2-3,5-6,9H,4,7-8H2,1H3,(H,18,19). The molecule has 1 amide bonds. The van der Waals surface area contributed by atoms with Crippen LogP contribution in [0.4, 0.5) is 0 Å². The summed E-state index contributed by atoms with van der Waals surface area (Å²) in [4.78, 5) is 16.5. The van der Waals surface area contributed by atoms with Crippen LogP contribution >= 0.6 is 11.6 Å². The average molecular weight is 275 g/mol. The highest BCUT2D eigenvalue weighted by atomic mass is 35.5. The number of nitrogens with one attached hydrogen (secondary N) is 1. The Bertz CT molecular complexity index is 650. The quantitative estimate of drug-likeness (QED) is 0.851. The van der Waals surface area contributed by atoms with Gasteiger partial charge >= 0.3 is 0 Å². The molecular weight excluding hydrogens is 260 g/mol. The topological polar surface area (TPSA) is 42.0 Å². The molecule has 1 aliphatic carbocycles. The molecule has 0 unspecified atom stereocenters. The number of hydrogen-bond acceptors (Lipinski definition) is 2. The molecule has 3 rings (SSSR count). The monoisotopic (exact) mass is 274 g/mol. The second-order valence-corrected chi connectivity index (χ2v) is 5.73. The molecule has 98 valence electrons. The zero-order chi connectivity index (χ0) is 13.5. The highest BCUT2D eigenvalue weighted by molar-refractivity contribution is 6.34. The summed E-state index contributed by atoms with van der Waals surface area (Å²) in [6, 6.07) is 7.58. The normalized spacial score (nSPS) is 16.9. The maximum atomic E-state index is 12.4. The lowest BCUT2D eigenvalue weighted by atomic mass is 9.78. The largest absolute Gasteiger partial charge is 0.347 e. The summed E-state index contributed by atoms with van der Waals surface area (Å²) in [5, 5.41) is 5.20. The summed E-state index contributed by atoms with van der Waals surface area (Å²) >= 11 is 6.06. The fourth-order valence-corrected chi connectivity index (χ4v) is 2.73. The molecule has 2 aromatic rings. The van der Waals surface area contributed by atoms with Crippen molar-refractivity contribution in [3.05, 3.63) is 41.2 Å². The number of carbonyl (C=O) groups excluding carboxylic acids is 1. The number of halogens is 1. The third-order valence-corrected chi connectivity index (χ3v) is 4.16. The third-order valence-electron chi connectivity index (χ3n) is 3.86. The van der Waals surface area contributed by atoms with Crippen LogP contribution in [0.3, 0.4) is 0 Å². The van der Waals surface area contributed by atoms with Gasteiger partial charge in [0.15, 0.2) is 0 Å². The summed E-state index contributed by atoms with van der Waals surface area (Å²) in [7, 11) is 0. The maximum absolute atomic E-state index is 12.4. The van der Waals surface area contributed by atoms with Gasteiger partial charge in [-0.3, -0.25) is 4.79 Å². The Morgan fingerprint density at radius 3 is 2.63 bits per heavy atom. The van der Waals surface area contributed by atoms with Gasteiger partial charge in [-0.1, -0.05) is 35.9 Å². The van der Waals surface area contributed by atoms with Crippen molar-refractivity contribution in [2.75, 3.05) is 0 Å². The molecule has 0 saturated heterocycles. The van der Waals surface area contributed by atoms with Gasteiger partial charge in [0, 0.05) is 17.1 Å². The first kappa shape index (κ1) is 12.4. The number of carbonyl (C=O) groups is 1. The number of amides is 1. The van der Waals surface area contributed by atoms with E-state index in [0.29, 0.717) is 10.7 Å². The Hall–Kier alpha value is -1.61. The first-order valence-corrected chi connectivity index (χ1v) is 6.83. The highest BCUT2D eigenvalue weighted by Gasteiger charge is 2.33. The Labute approximate surface area is 117 Å². The van der Waals surface area contributed by atoms with E-state index in [1.54, 1.807) is 6.20 Å². The number of fused-ring (bicyclic) bond motifs is 1. The van der Waals surface area contributed by atoms with Crippen LogP contribution in [0.15, 0.2) is 30.5 Å². The second-order valence-electron chi connectivity index (χ2n) is 5.38. The first-order chi connectivity index (χ1) is 9.09. The summed E-state index contributed by atoms with van der Waals surface area (Å²) in [6.45, 7) is 2.08. The van der Waals surface area contributed by atoms with Gasteiger partial charge in [0.05, 0.1) is 5.56 Å². The van der Waals surface area contributed by atoms with Crippen molar-refractivity contribution in [2.45, 2.75) is 31.7 Å². The van der Waals surface area contributed by atoms with Gasteiger partial charge in [-0.25, -0.2) is 4.98 Å². The average Bonchev–Trinajstić information content (AvgIpc) is 2.37. The number of nitrogens with zero attached hydrogens (tertiary/aromatic N) is 1. The van der Waals surface area contributed by atoms with Crippen molar-refractivity contribution >= 4 is 28.3 Å². The lowest BCUT2D eigenvalue weighted by molar-refractivity contribution is 0.0852. The van der Waals surface area contributed by atoms with Gasteiger partial charge in [-0.05, 0) is 31.6 Å². The highest BCUT2D eigenvalue weighted by Crippen LogP contribution is 2.32. The van der Waals surface area contributed by atoms with Gasteiger partial charge in [-0.2, -0.15) is 0 Å². The van der Waals surface area contributed by atoms with Crippen molar-refractivity contribution in [2.24, 2.45) is 0 Å². The minimum Gasteiger partial charge on any atom is -0.347 e. The van der Waals surface area contributed by atoms with E-state index >= 15 is 0 Å². The van der Waals surface area contributed by atoms with E-state index in [1.165, 1.54) is 6.42 Å². The van der Waals surface area contributed by atoms with Crippen LogP contribution in [0.25, 0.3) is 10.8 Å². The summed E-state index contributed by atoms with van der Waals surface area (Å²) < 4.78 is 0. The number of benzene rings is 1. The molecule has 4 heteroatoms. The molecular formula is C15H15ClN2O. The molecule has 1 heterocycles. The lowest BCUT2D eigenvalue weighted by Crippen LogP contribution is -2.50. The molecule has 19 heavy (non-hydrogen) atoms. The molecule has 3 nitrogen and oxygen atoms in total. The second kappa shape index (κ2) is 4.49. The van der Waals surface area contributed by atoms with Crippen LogP contribution in [0.5, 0.6) is 0 Å². The van der Waals surface area contributed by atoms with Crippen LogP contribution in [-0.4, -0.2) is 16.4 Å². The van der Waals surface area contributed by atoms with Crippen molar-refractivity contribution in [1.29, 1.82) is 0 Å². The maximum Gasteiger partial charge on any atom is 0.253 e. The molecule has 1 saturated carbocycles. The molecule has 0 aliphatic heterocycles. The Balaban J connectivity index is 2.00. The number of aromatic nitrogens is 1. The van der Waals surface area contributed by atoms with Crippen LogP contribution < -0.4 is 5.32 Å². The molecule has 1 aromatic carbocycles. The van der Waals surface area contributed by atoms with E-state index in [0.717, 1.165) is 23.6 Å². The van der Waals surface area contributed by atoms with Gasteiger partial charge in [0.25, 0.3) is 5.91 Å². The van der Waals surface area contributed by atoms with Gasteiger partial charge in [0.1, 0.15) is 5.15 Å². The van der Waals surface area contributed by atoms with Crippen molar-refractivity contribution in [1.82, 2.24) is 10.3 Å². The predicted molar refractivity (Wildman–Crippen MR) is 76.5 cm³/mol. The molecule has 0 spiro atoms. The molecule has 0 radical (unpaired) electrons. The van der Waals surface area contributed by atoms with Crippen molar-refractivity contribution < 1.29 is 4.79 Å². The lowest BCUT2D eigenvalue weighted by Gasteiger charge is -2.39. The number of hydrogen-bond donors (Lipinski definition) is 1. The van der Waals surface area contributed by atoms with Crippen molar-refractivity contribution in [3.8, 4) is 0 Å². The molecule has 1 aromatic heterocycles. The van der Waals surface area contributed by atoms with E-state index < -0.39 is 0 Å². The fraction of sp³-hybridized carbons (Fsp3) is 0.333. The minimum absolute atomic E-state index is 0.0577. The van der Waals surface area contributed by atoms with Gasteiger partial charge in [-0.15, -0.1) is 0 Å². The zero-order valence-electron chi connectivity index (χ0n) is 10.7. The van der Waals surface area contributed by atoms with E-state index in [2.05, 4.69) is 17.2 Å². The molecule has 1 fully saturated rings. The smallest absolute Gasteiger partial charge is 0.253 e. The first-order valence-electron chi connectivity index (χ1n) is 6.45. The number of rotatable bonds is 2. The Morgan fingerprint density at radius 1 is 1.32 bits per heavy atom. The van der Waals surface area contributed by atoms with Crippen LogP contribution in [-0.2, 0) is 0 Å². The van der Waals surface area contributed by atoms with Crippen LogP contribution in [0.2, 0.25) is 5.15 Å². The molecule has 1 N–H and O–H groups in total. The Morgan fingerprint density at radius 2 is 2.00 bits per heavy atom. The van der Waals surface area contributed by atoms with Gasteiger partial charge in [0.2, 0.25) is 0 Å². The Kier molecular flexibility index (Phi) is 2.94. The predicted octanol–water partition coefficient (Wildman–Crippen LogP) is 3.56. The summed E-state index contributed by atoms with van der Waals surface area (Å²) in [6.07, 6.45) is 4.81. The summed E-state index contributed by atoms with van der Waals surface area (Å²) in [5.41, 5.74) is 0.533. The fourth-order valence-electron chi connectivity index (χ4n) is 2.51. The zero-order valence-corrected chi connectivity index (χ0v) is 11.5. The van der Waals surface area contributed by atoms with E-state index in [4.69, 9.17) is 11.6 Å². The molecule has 0 atom stereocenters. The SMILES string of the molecule is CC1(NC(=O)c2cnc(Cl)c3ccccc23)CCC1. The van der Waals surface area contributed by atoms with E-state index in [-0.39, 0.29) is 11.4 Å². The summed E-state index contributed by atoms with van der Waals surface area (Å²) in [5.74, 6) is -0.0671. The van der Waals surface area contributed by atoms with E-state index in [9.17, 15) is 4.79 Å².